The Kier molecular flexibility index (Phi) is 9.62. The molecular weight excluding hydrogens is 478 g/mol. The predicted octanol–water partition coefficient (Wildman–Crippen LogP) is 2.41. The van der Waals surface area contributed by atoms with Crippen molar-refractivity contribution in [2.45, 2.75) is 63.3 Å². The highest BCUT2D eigenvalue weighted by Gasteiger charge is 2.34. The lowest BCUT2D eigenvalue weighted by atomic mass is 9.99. The first-order chi connectivity index (χ1) is 17.9. The van der Waals surface area contributed by atoms with Gasteiger partial charge in [0.15, 0.2) is 6.29 Å². The fourth-order valence-corrected chi connectivity index (χ4v) is 4.71. The van der Waals surface area contributed by atoms with E-state index < -0.39 is 12.2 Å². The first-order valence-electron chi connectivity index (χ1n) is 12.7. The first-order valence-corrected chi connectivity index (χ1v) is 12.7. The molecule has 2 heterocycles. The maximum atomic E-state index is 12.2. The van der Waals surface area contributed by atoms with Crippen molar-refractivity contribution in [2.24, 2.45) is 0 Å². The zero-order valence-corrected chi connectivity index (χ0v) is 20.7. The van der Waals surface area contributed by atoms with Crippen LogP contribution in [0.1, 0.15) is 61.2 Å². The quantitative estimate of drug-likeness (QED) is 0.241. The fraction of sp³-hybridized carbons (Fsp3) is 0.481. The second-order valence-electron chi connectivity index (χ2n) is 9.61. The summed E-state index contributed by atoms with van der Waals surface area (Å²) in [7, 11) is 0. The van der Waals surface area contributed by atoms with Gasteiger partial charge >= 0.3 is 0 Å². The van der Waals surface area contributed by atoms with Gasteiger partial charge in [0, 0.05) is 50.1 Å². The second-order valence-corrected chi connectivity index (χ2v) is 9.61. The molecule has 2 aromatic rings. The number of anilines is 1. The Balaban J connectivity index is 1.41. The number of ether oxygens (including phenoxy) is 2. The molecule has 2 saturated heterocycles. The molecule has 2 fully saturated rings. The van der Waals surface area contributed by atoms with Gasteiger partial charge < -0.3 is 25.0 Å². The van der Waals surface area contributed by atoms with Crippen LogP contribution in [0.5, 0.6) is 0 Å². The van der Waals surface area contributed by atoms with Crippen LogP contribution >= 0.6 is 0 Å². The van der Waals surface area contributed by atoms with E-state index in [-0.39, 0.29) is 43.7 Å². The van der Waals surface area contributed by atoms with Crippen LogP contribution < -0.4 is 10.8 Å². The lowest BCUT2D eigenvalue weighted by molar-refractivity contribution is -0.252. The molecule has 2 aliphatic heterocycles. The molecular formula is C27H35N3O7. The van der Waals surface area contributed by atoms with Crippen LogP contribution in [0.15, 0.2) is 48.5 Å². The van der Waals surface area contributed by atoms with E-state index in [0.29, 0.717) is 31.6 Å². The van der Waals surface area contributed by atoms with Gasteiger partial charge in [0.2, 0.25) is 11.8 Å². The van der Waals surface area contributed by atoms with Crippen molar-refractivity contribution < 1.29 is 34.5 Å². The Morgan fingerprint density at radius 3 is 2.32 bits per heavy atom. The summed E-state index contributed by atoms with van der Waals surface area (Å²) in [5, 5.41) is 30.6. The molecule has 0 aliphatic carbocycles. The number of aliphatic hydroxyl groups is 2. The zero-order chi connectivity index (χ0) is 26.2. The number of hydroxylamine groups is 1. The largest absolute Gasteiger partial charge is 0.392 e. The normalized spacial score (nSPS) is 24.1. The Hall–Kier alpha value is -2.86. The Morgan fingerprint density at radius 2 is 1.68 bits per heavy atom. The fourth-order valence-electron chi connectivity index (χ4n) is 4.71. The molecule has 0 aromatic heterocycles. The van der Waals surface area contributed by atoms with Gasteiger partial charge in [-0.1, -0.05) is 36.4 Å². The van der Waals surface area contributed by atoms with Crippen molar-refractivity contribution >= 4 is 17.5 Å². The molecule has 10 nitrogen and oxygen atoms in total. The van der Waals surface area contributed by atoms with Crippen molar-refractivity contribution in [1.82, 2.24) is 10.4 Å². The van der Waals surface area contributed by atoms with Crippen LogP contribution in [0.3, 0.4) is 0 Å². The number of carbonyl (C=O) groups excluding carboxylic acids is 2. The lowest BCUT2D eigenvalue weighted by Gasteiger charge is -2.37. The molecule has 200 valence electrons. The number of rotatable bonds is 10. The van der Waals surface area contributed by atoms with Gasteiger partial charge in [-0.2, -0.15) is 0 Å². The Bertz CT molecular complexity index is 1030. The number of amides is 2. The number of aliphatic hydroxyl groups excluding tert-OH is 2. The Morgan fingerprint density at radius 1 is 0.973 bits per heavy atom. The van der Waals surface area contributed by atoms with E-state index in [1.54, 1.807) is 17.6 Å². The highest BCUT2D eigenvalue weighted by Crippen LogP contribution is 2.38. The van der Waals surface area contributed by atoms with Crippen molar-refractivity contribution in [3.63, 3.8) is 0 Å². The van der Waals surface area contributed by atoms with E-state index in [2.05, 4.69) is 10.2 Å². The maximum Gasteiger partial charge on any atom is 0.243 e. The van der Waals surface area contributed by atoms with Crippen molar-refractivity contribution in [2.75, 3.05) is 25.0 Å². The third kappa shape index (κ3) is 7.81. The second kappa shape index (κ2) is 13.1. The molecule has 37 heavy (non-hydrogen) atoms. The van der Waals surface area contributed by atoms with Crippen molar-refractivity contribution in [3.05, 3.63) is 65.2 Å². The predicted molar refractivity (Wildman–Crippen MR) is 134 cm³/mol. The van der Waals surface area contributed by atoms with Gasteiger partial charge in [0.25, 0.3) is 0 Å². The Labute approximate surface area is 216 Å². The van der Waals surface area contributed by atoms with Crippen LogP contribution in [0.25, 0.3) is 0 Å². The summed E-state index contributed by atoms with van der Waals surface area (Å²) in [5.41, 5.74) is 4.84. The average Bonchev–Trinajstić information content (AvgIpc) is 3.33. The third-order valence-electron chi connectivity index (χ3n) is 6.72. The standard InChI is InChI=1S/C27H35N3O7/c31-17-18-4-6-19(7-5-18)24-14-23(16-30-13-12-22(32)15-30)36-27(37-24)20-8-10-21(11-9-20)28-25(33)2-1-3-26(34)29-35/h4-11,22-24,27,31-32,35H,1-3,12-17H2,(H,28,33)(H,29,34). The number of nitrogens with zero attached hydrogens (tertiary/aromatic N) is 1. The van der Waals surface area contributed by atoms with Gasteiger partial charge in [0.1, 0.15) is 0 Å². The first kappa shape index (κ1) is 27.2. The molecule has 4 rings (SSSR count). The van der Waals surface area contributed by atoms with Crippen LogP contribution in [0.2, 0.25) is 0 Å². The molecule has 2 amide bonds. The molecule has 10 heteroatoms. The van der Waals surface area contributed by atoms with E-state index in [4.69, 9.17) is 14.7 Å². The summed E-state index contributed by atoms with van der Waals surface area (Å²) in [6.07, 6.45) is 0.804. The molecule has 4 atom stereocenters. The summed E-state index contributed by atoms with van der Waals surface area (Å²) >= 11 is 0. The summed E-state index contributed by atoms with van der Waals surface area (Å²) in [6.45, 7) is 2.16. The smallest absolute Gasteiger partial charge is 0.243 e. The number of β-amino-alcohol motifs (C(OH)–C–C–N with tert-alkyl or cyclic N) is 1. The van der Waals surface area contributed by atoms with E-state index in [1.807, 2.05) is 36.4 Å². The number of hydrogen-bond acceptors (Lipinski definition) is 8. The number of likely N-dealkylation sites (tertiary alicyclic amines) is 1. The molecule has 2 aromatic carbocycles. The minimum Gasteiger partial charge on any atom is -0.392 e. The van der Waals surface area contributed by atoms with Crippen molar-refractivity contribution in [3.8, 4) is 0 Å². The summed E-state index contributed by atoms with van der Waals surface area (Å²) < 4.78 is 12.7. The SMILES string of the molecule is O=C(CCCC(=O)Nc1ccc(C2OC(CN3CCC(O)C3)CC(c3ccc(CO)cc3)O2)cc1)NO. The summed E-state index contributed by atoms with van der Waals surface area (Å²) in [5.74, 6) is -0.741. The van der Waals surface area contributed by atoms with Gasteiger partial charge in [-0.3, -0.25) is 19.7 Å². The van der Waals surface area contributed by atoms with E-state index in [9.17, 15) is 19.8 Å². The van der Waals surface area contributed by atoms with Gasteiger partial charge in [-0.05, 0) is 36.1 Å². The molecule has 4 unspecified atom stereocenters. The van der Waals surface area contributed by atoms with Gasteiger partial charge in [0.05, 0.1) is 24.9 Å². The van der Waals surface area contributed by atoms with E-state index in [0.717, 1.165) is 29.7 Å². The highest BCUT2D eigenvalue weighted by atomic mass is 16.7. The summed E-state index contributed by atoms with van der Waals surface area (Å²) in [4.78, 5) is 25.4. The minimum atomic E-state index is -0.601. The summed E-state index contributed by atoms with van der Waals surface area (Å²) in [6, 6.07) is 15.0. The monoisotopic (exact) mass is 513 g/mol. The van der Waals surface area contributed by atoms with Crippen LogP contribution in [0, 0.1) is 0 Å². The number of benzene rings is 2. The highest BCUT2D eigenvalue weighted by molar-refractivity contribution is 5.91. The molecule has 2 aliphatic rings. The third-order valence-corrected chi connectivity index (χ3v) is 6.72. The average molecular weight is 514 g/mol. The molecule has 0 bridgehead atoms. The number of nitrogens with one attached hydrogen (secondary N) is 2. The van der Waals surface area contributed by atoms with Gasteiger partial charge in [-0.25, -0.2) is 5.48 Å². The van der Waals surface area contributed by atoms with Crippen molar-refractivity contribution in [1.29, 1.82) is 0 Å². The maximum absolute atomic E-state index is 12.2. The van der Waals surface area contributed by atoms with Gasteiger partial charge in [-0.15, -0.1) is 0 Å². The molecule has 0 radical (unpaired) electrons. The van der Waals surface area contributed by atoms with E-state index in [1.165, 1.54) is 0 Å². The van der Waals surface area contributed by atoms with Crippen LogP contribution in [-0.4, -0.2) is 64.0 Å². The molecule has 0 saturated carbocycles. The molecule has 0 spiro atoms. The minimum absolute atomic E-state index is 0.0155. The lowest BCUT2D eigenvalue weighted by Crippen LogP contribution is -2.38. The van der Waals surface area contributed by atoms with Crippen LogP contribution in [0.4, 0.5) is 5.69 Å². The molecule has 5 N–H and O–H groups in total. The number of hydrogen-bond donors (Lipinski definition) is 5. The number of carbonyl (C=O) groups is 2. The van der Waals surface area contributed by atoms with E-state index >= 15 is 0 Å². The topological polar surface area (TPSA) is 141 Å². The zero-order valence-electron chi connectivity index (χ0n) is 20.7. The van der Waals surface area contributed by atoms with Crippen LogP contribution in [-0.2, 0) is 25.7 Å².